The number of rotatable bonds is 11. The molecule has 6 heteroatoms. The molecular weight excluding hydrogens is 404 g/mol. The van der Waals surface area contributed by atoms with Gasteiger partial charge in [0.25, 0.3) is 0 Å². The quantitative estimate of drug-likeness (QED) is 0.430. The van der Waals surface area contributed by atoms with Crippen LogP contribution in [0.25, 0.3) is 11.1 Å². The summed E-state index contributed by atoms with van der Waals surface area (Å²) in [6, 6.07) is 14.5. The number of hydrogen-bond donors (Lipinski definition) is 1. The van der Waals surface area contributed by atoms with Crippen molar-refractivity contribution in [2.24, 2.45) is 0 Å². The molecule has 168 valence electrons. The van der Waals surface area contributed by atoms with Crippen LogP contribution in [-0.4, -0.2) is 26.5 Å². The summed E-state index contributed by atoms with van der Waals surface area (Å²) < 4.78 is 3.33. The fourth-order valence-electron chi connectivity index (χ4n) is 3.99. The predicted octanol–water partition coefficient (Wildman–Crippen LogP) is 5.02. The van der Waals surface area contributed by atoms with Crippen molar-refractivity contribution in [1.82, 2.24) is 9.13 Å². The van der Waals surface area contributed by atoms with Crippen LogP contribution in [-0.2, 0) is 19.5 Å². The fourth-order valence-corrected chi connectivity index (χ4v) is 3.99. The predicted molar refractivity (Wildman–Crippen MR) is 126 cm³/mol. The van der Waals surface area contributed by atoms with Gasteiger partial charge in [0.05, 0.1) is 17.8 Å². The highest BCUT2D eigenvalue weighted by molar-refractivity contribution is 5.96. The Morgan fingerprint density at radius 2 is 1.66 bits per heavy atom. The van der Waals surface area contributed by atoms with E-state index < -0.39 is 5.97 Å². The number of carbonyl (C=O) groups is 2. The Morgan fingerprint density at radius 1 is 0.969 bits per heavy atom. The van der Waals surface area contributed by atoms with Gasteiger partial charge in [0.1, 0.15) is 5.69 Å². The number of imidazole rings is 1. The third-order valence-electron chi connectivity index (χ3n) is 5.75. The molecule has 0 aliphatic heterocycles. The van der Waals surface area contributed by atoms with Crippen molar-refractivity contribution in [2.45, 2.75) is 59.0 Å². The Labute approximate surface area is 188 Å². The van der Waals surface area contributed by atoms with E-state index in [1.165, 1.54) is 0 Å². The highest BCUT2D eigenvalue weighted by atomic mass is 16.4. The van der Waals surface area contributed by atoms with Gasteiger partial charge >= 0.3 is 11.7 Å². The first-order valence-electron chi connectivity index (χ1n) is 11.2. The third-order valence-corrected chi connectivity index (χ3v) is 5.75. The van der Waals surface area contributed by atoms with Gasteiger partial charge < -0.3 is 5.11 Å². The molecule has 1 N–H and O–H groups in total. The number of carboxylic acids is 1. The zero-order valence-electron chi connectivity index (χ0n) is 18.7. The van der Waals surface area contributed by atoms with Crippen LogP contribution in [0.2, 0.25) is 0 Å². The number of aldehydes is 1. The maximum atomic E-state index is 13.2. The Bertz CT molecular complexity index is 1140. The molecular formula is C26H30N2O4. The summed E-state index contributed by atoms with van der Waals surface area (Å²) in [5.41, 5.74) is 3.77. The van der Waals surface area contributed by atoms with Gasteiger partial charge in [-0.3, -0.25) is 13.9 Å². The van der Waals surface area contributed by atoms with Gasteiger partial charge in [-0.05, 0) is 42.0 Å². The molecule has 0 aliphatic carbocycles. The van der Waals surface area contributed by atoms with E-state index in [0.29, 0.717) is 30.8 Å². The highest BCUT2D eigenvalue weighted by Crippen LogP contribution is 2.24. The molecule has 0 aliphatic rings. The second-order valence-electron chi connectivity index (χ2n) is 7.97. The number of unbranched alkanes of at least 4 members (excludes halogenated alkanes) is 2. The molecule has 0 unspecified atom stereocenters. The normalized spacial score (nSPS) is 10.9. The van der Waals surface area contributed by atoms with Crippen LogP contribution < -0.4 is 5.69 Å². The maximum absolute atomic E-state index is 13.2. The van der Waals surface area contributed by atoms with E-state index in [-0.39, 0.29) is 11.3 Å². The first-order chi connectivity index (χ1) is 15.5. The monoisotopic (exact) mass is 434 g/mol. The van der Waals surface area contributed by atoms with E-state index in [0.717, 1.165) is 48.8 Å². The zero-order chi connectivity index (χ0) is 23.1. The van der Waals surface area contributed by atoms with Crippen molar-refractivity contribution < 1.29 is 14.7 Å². The van der Waals surface area contributed by atoms with E-state index in [1.54, 1.807) is 27.3 Å². The average Bonchev–Trinajstić information content (AvgIpc) is 3.06. The lowest BCUT2D eigenvalue weighted by atomic mass is 9.99. The Kier molecular flexibility index (Phi) is 7.82. The van der Waals surface area contributed by atoms with Crippen molar-refractivity contribution >= 4 is 12.3 Å². The van der Waals surface area contributed by atoms with Crippen molar-refractivity contribution in [1.29, 1.82) is 0 Å². The van der Waals surface area contributed by atoms with Gasteiger partial charge in [-0.25, -0.2) is 9.59 Å². The number of benzene rings is 2. The highest BCUT2D eigenvalue weighted by Gasteiger charge is 2.19. The molecule has 1 aromatic heterocycles. The molecule has 0 radical (unpaired) electrons. The number of carboxylic acid groups (broad SMARTS) is 1. The second kappa shape index (κ2) is 10.8. The largest absolute Gasteiger partial charge is 0.478 e. The second-order valence-corrected chi connectivity index (χ2v) is 7.97. The minimum Gasteiger partial charge on any atom is -0.478 e. The summed E-state index contributed by atoms with van der Waals surface area (Å²) in [4.78, 5) is 36.5. The number of aromatic carboxylic acids is 1. The molecule has 3 aromatic rings. The van der Waals surface area contributed by atoms with Crippen LogP contribution in [0.15, 0.2) is 53.3 Å². The van der Waals surface area contributed by atoms with E-state index in [4.69, 9.17) is 0 Å². The molecule has 0 saturated heterocycles. The smallest absolute Gasteiger partial charge is 0.336 e. The molecule has 0 spiro atoms. The van der Waals surface area contributed by atoms with Crippen LogP contribution >= 0.6 is 0 Å². The molecule has 0 atom stereocenters. The van der Waals surface area contributed by atoms with Crippen LogP contribution in [0.4, 0.5) is 0 Å². The summed E-state index contributed by atoms with van der Waals surface area (Å²) >= 11 is 0. The molecule has 0 saturated carbocycles. The Balaban J connectivity index is 1.96. The summed E-state index contributed by atoms with van der Waals surface area (Å²) in [7, 11) is 0. The standard InChI is InChI=1S/C26H30N2O4/c1-3-5-11-23-24(18-29)27(16-6-4-2)26(32)28(23)17-19-12-14-20(15-13-19)21-9-7-8-10-22(21)25(30)31/h7-10,12-15,18H,3-6,11,16-17H2,1-2H3,(H,30,31). The van der Waals surface area contributed by atoms with Crippen molar-refractivity contribution in [3.05, 3.63) is 81.5 Å². The summed E-state index contributed by atoms with van der Waals surface area (Å²) in [6.07, 6.45) is 5.16. The molecule has 0 amide bonds. The lowest BCUT2D eigenvalue weighted by Gasteiger charge is -2.10. The van der Waals surface area contributed by atoms with Crippen molar-refractivity contribution in [3.8, 4) is 11.1 Å². The molecule has 2 aromatic carbocycles. The fraction of sp³-hybridized carbons (Fsp3) is 0.346. The van der Waals surface area contributed by atoms with Gasteiger partial charge in [-0.15, -0.1) is 0 Å². The van der Waals surface area contributed by atoms with Gasteiger partial charge in [0.15, 0.2) is 6.29 Å². The Morgan fingerprint density at radius 3 is 2.28 bits per heavy atom. The van der Waals surface area contributed by atoms with Gasteiger partial charge in [0, 0.05) is 6.54 Å². The number of carbonyl (C=O) groups excluding carboxylic acids is 1. The minimum atomic E-state index is -0.966. The first kappa shape index (κ1) is 23.3. The zero-order valence-corrected chi connectivity index (χ0v) is 18.7. The average molecular weight is 435 g/mol. The minimum absolute atomic E-state index is 0.146. The molecule has 0 bridgehead atoms. The maximum Gasteiger partial charge on any atom is 0.336 e. The molecule has 0 fully saturated rings. The summed E-state index contributed by atoms with van der Waals surface area (Å²) in [5, 5.41) is 9.45. The molecule has 6 nitrogen and oxygen atoms in total. The van der Waals surface area contributed by atoms with Crippen LogP contribution in [0, 0.1) is 0 Å². The van der Waals surface area contributed by atoms with E-state index >= 15 is 0 Å². The first-order valence-corrected chi connectivity index (χ1v) is 11.2. The van der Waals surface area contributed by atoms with Gasteiger partial charge in [-0.1, -0.05) is 69.2 Å². The van der Waals surface area contributed by atoms with Gasteiger partial charge in [-0.2, -0.15) is 0 Å². The van der Waals surface area contributed by atoms with Crippen molar-refractivity contribution in [3.63, 3.8) is 0 Å². The topological polar surface area (TPSA) is 81.3 Å². The SMILES string of the molecule is CCCCc1c(C=O)n(CCCC)c(=O)n1Cc1ccc(-c2ccccc2C(=O)O)cc1. The number of aromatic nitrogens is 2. The van der Waals surface area contributed by atoms with Crippen LogP contribution in [0.1, 0.15) is 71.6 Å². The molecule has 1 heterocycles. The van der Waals surface area contributed by atoms with E-state index in [2.05, 4.69) is 13.8 Å². The van der Waals surface area contributed by atoms with Crippen molar-refractivity contribution in [2.75, 3.05) is 0 Å². The van der Waals surface area contributed by atoms with Crippen LogP contribution in [0.5, 0.6) is 0 Å². The lowest BCUT2D eigenvalue weighted by Crippen LogP contribution is -2.26. The summed E-state index contributed by atoms with van der Waals surface area (Å²) in [6.45, 7) is 5.06. The third kappa shape index (κ3) is 4.90. The van der Waals surface area contributed by atoms with E-state index in [1.807, 2.05) is 30.3 Å². The Hall–Kier alpha value is -3.41. The molecule has 32 heavy (non-hydrogen) atoms. The van der Waals surface area contributed by atoms with Gasteiger partial charge in [0.2, 0.25) is 0 Å². The van der Waals surface area contributed by atoms with Crippen LogP contribution in [0.3, 0.4) is 0 Å². The lowest BCUT2D eigenvalue weighted by molar-refractivity contribution is 0.0697. The molecule has 3 rings (SSSR count). The van der Waals surface area contributed by atoms with E-state index in [9.17, 15) is 19.5 Å². The summed E-state index contributed by atoms with van der Waals surface area (Å²) in [5.74, 6) is -0.966. The number of nitrogens with zero attached hydrogens (tertiary/aromatic N) is 2. The number of hydrogen-bond acceptors (Lipinski definition) is 3.